The molecule has 0 fully saturated rings. The van der Waals surface area contributed by atoms with Gasteiger partial charge >= 0.3 is 12.0 Å². The maximum Gasteiger partial charge on any atom is 0.355 e. The van der Waals surface area contributed by atoms with Gasteiger partial charge < -0.3 is 15.7 Å². The number of aromatic carboxylic acids is 1. The first-order chi connectivity index (χ1) is 10.1. The molecular weight excluding hydrogens is 310 g/mol. The van der Waals surface area contributed by atoms with Crippen molar-refractivity contribution in [1.82, 2.24) is 15.6 Å². The van der Waals surface area contributed by atoms with Gasteiger partial charge in [0.15, 0.2) is 5.69 Å². The number of hydrogen-bond acceptors (Lipinski definition) is 5. The Morgan fingerprint density at radius 1 is 1.29 bits per heavy atom. The third-order valence-corrected chi connectivity index (χ3v) is 4.28. The molecule has 21 heavy (non-hydrogen) atoms. The number of hydrogen-bond donors (Lipinski definition) is 3. The first-order valence-corrected chi connectivity index (χ1v) is 9.09. The number of thioether (sulfide) groups is 1. The van der Waals surface area contributed by atoms with E-state index in [0.717, 1.165) is 12.8 Å². The smallest absolute Gasteiger partial charge is 0.355 e. The Labute approximate surface area is 132 Å². The first-order valence-electron chi connectivity index (χ1n) is 6.82. The number of urea groups is 1. The number of unbranched alkanes of at least 4 members (excludes halogenated alkanes) is 3. The summed E-state index contributed by atoms with van der Waals surface area (Å²) in [6, 6.07) is -0.244. The summed E-state index contributed by atoms with van der Waals surface area (Å²) in [4.78, 5) is 26.1. The van der Waals surface area contributed by atoms with Gasteiger partial charge in [0.05, 0.1) is 6.54 Å². The van der Waals surface area contributed by atoms with E-state index in [4.69, 9.17) is 5.11 Å². The molecule has 0 spiro atoms. The predicted octanol–water partition coefficient (Wildman–Crippen LogP) is 2.56. The molecule has 0 radical (unpaired) electrons. The Hall–Kier alpha value is -1.28. The normalized spacial score (nSPS) is 10.3. The van der Waals surface area contributed by atoms with Gasteiger partial charge in [-0.3, -0.25) is 0 Å². The van der Waals surface area contributed by atoms with Gasteiger partial charge in [-0.2, -0.15) is 11.8 Å². The molecule has 8 heteroatoms. The van der Waals surface area contributed by atoms with Crippen LogP contribution in [0.2, 0.25) is 0 Å². The lowest BCUT2D eigenvalue weighted by Gasteiger charge is -2.06. The maximum absolute atomic E-state index is 11.5. The molecule has 0 aliphatic heterocycles. The maximum atomic E-state index is 11.5. The average molecular weight is 331 g/mol. The average Bonchev–Trinajstić information content (AvgIpc) is 2.93. The van der Waals surface area contributed by atoms with Gasteiger partial charge in [-0.15, -0.1) is 11.3 Å². The quantitative estimate of drug-likeness (QED) is 0.573. The molecule has 2 amide bonds. The molecule has 3 N–H and O–H groups in total. The van der Waals surface area contributed by atoms with Crippen molar-refractivity contribution < 1.29 is 14.7 Å². The summed E-state index contributed by atoms with van der Waals surface area (Å²) in [6.45, 7) is 0.904. The van der Waals surface area contributed by atoms with Crippen LogP contribution in [-0.2, 0) is 6.54 Å². The van der Waals surface area contributed by atoms with Crippen LogP contribution in [-0.4, -0.2) is 40.6 Å². The number of nitrogens with zero attached hydrogens (tertiary/aromatic N) is 1. The highest BCUT2D eigenvalue weighted by atomic mass is 32.2. The van der Waals surface area contributed by atoms with E-state index in [1.807, 2.05) is 11.8 Å². The monoisotopic (exact) mass is 331 g/mol. The fraction of sp³-hybridized carbons (Fsp3) is 0.615. The summed E-state index contributed by atoms with van der Waals surface area (Å²) in [5.74, 6) is 0.142. The Kier molecular flexibility index (Phi) is 8.84. The van der Waals surface area contributed by atoms with Gasteiger partial charge in [-0.1, -0.05) is 12.8 Å². The fourth-order valence-electron chi connectivity index (χ4n) is 1.64. The molecule has 1 rings (SSSR count). The van der Waals surface area contributed by atoms with Crippen molar-refractivity contribution in [1.29, 1.82) is 0 Å². The molecule has 0 saturated carbocycles. The van der Waals surface area contributed by atoms with Gasteiger partial charge in [-0.05, 0) is 24.9 Å². The second kappa shape index (κ2) is 10.4. The van der Waals surface area contributed by atoms with Crippen molar-refractivity contribution in [2.45, 2.75) is 32.2 Å². The summed E-state index contributed by atoms with van der Waals surface area (Å²) in [5, 5.41) is 16.2. The van der Waals surface area contributed by atoms with E-state index in [9.17, 15) is 9.59 Å². The van der Waals surface area contributed by atoms with Gasteiger partial charge in [0, 0.05) is 11.9 Å². The van der Waals surface area contributed by atoms with Crippen LogP contribution in [0.15, 0.2) is 5.38 Å². The van der Waals surface area contributed by atoms with Gasteiger partial charge in [0.25, 0.3) is 0 Å². The molecule has 0 atom stereocenters. The number of amides is 2. The van der Waals surface area contributed by atoms with Crippen molar-refractivity contribution in [3.8, 4) is 0 Å². The standard InChI is InChI=1S/C13H21N3O3S2/c1-20-7-5-3-2-4-6-14-13(19)15-8-11-16-10(9-21-11)12(17)18/h9H,2-8H2,1H3,(H,17,18)(H2,14,15,19). The third kappa shape index (κ3) is 7.91. The second-order valence-corrected chi connectivity index (χ2v) is 6.38. The van der Waals surface area contributed by atoms with Crippen molar-refractivity contribution in [3.05, 3.63) is 16.1 Å². The second-order valence-electron chi connectivity index (χ2n) is 4.45. The molecule has 118 valence electrons. The highest BCUT2D eigenvalue weighted by molar-refractivity contribution is 7.98. The number of carbonyl (C=O) groups is 2. The van der Waals surface area contributed by atoms with Crippen molar-refractivity contribution in [3.63, 3.8) is 0 Å². The minimum absolute atomic E-state index is 0.0162. The summed E-state index contributed by atoms with van der Waals surface area (Å²) >= 11 is 3.08. The molecule has 0 unspecified atom stereocenters. The minimum Gasteiger partial charge on any atom is -0.476 e. The summed E-state index contributed by atoms with van der Waals surface area (Å²) in [7, 11) is 0. The van der Waals surface area contributed by atoms with E-state index >= 15 is 0 Å². The molecule has 0 bridgehead atoms. The molecule has 1 aromatic rings. The molecule has 1 aromatic heterocycles. The number of nitrogens with one attached hydrogen (secondary N) is 2. The Bertz CT molecular complexity index is 452. The summed E-state index contributed by atoms with van der Waals surface area (Å²) in [6.07, 6.45) is 6.62. The van der Waals surface area contributed by atoms with Crippen LogP contribution in [0.5, 0.6) is 0 Å². The van der Waals surface area contributed by atoms with E-state index < -0.39 is 5.97 Å². The summed E-state index contributed by atoms with van der Waals surface area (Å²) < 4.78 is 0. The molecule has 0 aromatic carbocycles. The van der Waals surface area contributed by atoms with Crippen LogP contribution in [0, 0.1) is 0 Å². The lowest BCUT2D eigenvalue weighted by Crippen LogP contribution is -2.35. The third-order valence-electron chi connectivity index (χ3n) is 2.73. The zero-order chi connectivity index (χ0) is 15.5. The van der Waals surface area contributed by atoms with Gasteiger partial charge in [0.2, 0.25) is 0 Å². The minimum atomic E-state index is -1.05. The molecule has 6 nitrogen and oxygen atoms in total. The summed E-state index contributed by atoms with van der Waals surface area (Å²) in [5.41, 5.74) is 0.0162. The Morgan fingerprint density at radius 3 is 2.71 bits per heavy atom. The SMILES string of the molecule is CSCCCCCCNC(=O)NCc1nc(C(=O)O)cs1. The van der Waals surface area contributed by atoms with Crippen LogP contribution in [0.3, 0.4) is 0 Å². The fourth-order valence-corrected chi connectivity index (χ4v) is 2.84. The van der Waals surface area contributed by atoms with E-state index in [-0.39, 0.29) is 18.3 Å². The topological polar surface area (TPSA) is 91.3 Å². The van der Waals surface area contributed by atoms with E-state index in [1.54, 1.807) is 0 Å². The Morgan fingerprint density at radius 2 is 2.05 bits per heavy atom. The molecular formula is C13H21N3O3S2. The highest BCUT2D eigenvalue weighted by Crippen LogP contribution is 2.09. The van der Waals surface area contributed by atoms with Crippen LogP contribution < -0.4 is 10.6 Å². The van der Waals surface area contributed by atoms with Crippen LogP contribution in [0.4, 0.5) is 4.79 Å². The first kappa shape index (κ1) is 17.8. The largest absolute Gasteiger partial charge is 0.476 e. The van der Waals surface area contributed by atoms with Crippen LogP contribution in [0.25, 0.3) is 0 Å². The number of rotatable bonds is 10. The zero-order valence-corrected chi connectivity index (χ0v) is 13.7. The van der Waals surface area contributed by atoms with Crippen molar-refractivity contribution in [2.75, 3.05) is 18.6 Å². The number of aromatic nitrogens is 1. The lowest BCUT2D eigenvalue weighted by atomic mass is 10.2. The molecule has 0 saturated heterocycles. The van der Waals surface area contributed by atoms with Crippen LogP contribution >= 0.6 is 23.1 Å². The van der Waals surface area contributed by atoms with Crippen LogP contribution in [0.1, 0.15) is 41.2 Å². The number of carboxylic acid groups (broad SMARTS) is 1. The molecule has 0 aliphatic carbocycles. The van der Waals surface area contributed by atoms with Gasteiger partial charge in [0.1, 0.15) is 5.01 Å². The zero-order valence-electron chi connectivity index (χ0n) is 12.1. The molecule has 0 aliphatic rings. The number of carbonyl (C=O) groups excluding carboxylic acids is 1. The molecule has 1 heterocycles. The van der Waals surface area contributed by atoms with Crippen molar-refractivity contribution >= 4 is 35.1 Å². The number of thiazole rings is 1. The Balaban J connectivity index is 2.06. The number of carboxylic acids is 1. The van der Waals surface area contributed by atoms with E-state index in [2.05, 4.69) is 21.9 Å². The predicted molar refractivity (Wildman–Crippen MR) is 86.2 cm³/mol. The lowest BCUT2D eigenvalue weighted by molar-refractivity contribution is 0.0691. The van der Waals surface area contributed by atoms with E-state index in [1.165, 1.54) is 35.3 Å². The van der Waals surface area contributed by atoms with Gasteiger partial charge in [-0.25, -0.2) is 14.6 Å². The highest BCUT2D eigenvalue weighted by Gasteiger charge is 2.09. The van der Waals surface area contributed by atoms with Crippen molar-refractivity contribution in [2.24, 2.45) is 0 Å². The van der Waals surface area contributed by atoms with E-state index in [0.29, 0.717) is 11.6 Å².